The summed E-state index contributed by atoms with van der Waals surface area (Å²) in [7, 11) is 3.92. The molecule has 1 aromatic heterocycles. The predicted molar refractivity (Wildman–Crippen MR) is 101 cm³/mol. The second-order valence-electron chi connectivity index (χ2n) is 7.52. The van der Waals surface area contributed by atoms with Crippen LogP contribution in [0.5, 0.6) is 0 Å². The third-order valence-corrected chi connectivity index (χ3v) is 5.52. The van der Waals surface area contributed by atoms with Crippen LogP contribution in [0.4, 0.5) is 16.4 Å². The fraction of sp³-hybridized carbons (Fsp3) is 0.722. The van der Waals surface area contributed by atoms with E-state index in [1.54, 1.807) is 6.33 Å². The lowest BCUT2D eigenvalue weighted by molar-refractivity contribution is 0.0363. The van der Waals surface area contributed by atoms with Gasteiger partial charge in [0.15, 0.2) is 0 Å². The minimum absolute atomic E-state index is 0.0846. The number of nitrogens with zero attached hydrogens (tertiary/aromatic N) is 6. The summed E-state index contributed by atoms with van der Waals surface area (Å²) in [6.45, 7) is 6.72. The van der Waals surface area contributed by atoms with Crippen LogP contribution in [0.1, 0.15) is 6.42 Å². The second-order valence-corrected chi connectivity index (χ2v) is 7.52. The number of hydrogen-bond donors (Lipinski definition) is 0. The molecule has 0 aromatic carbocycles. The smallest absolute Gasteiger partial charge is 0.410 e. The molecule has 0 spiro atoms. The van der Waals surface area contributed by atoms with Crippen molar-refractivity contribution in [1.29, 1.82) is 0 Å². The zero-order chi connectivity index (χ0) is 18.8. The average molecular weight is 376 g/mol. The van der Waals surface area contributed by atoms with E-state index >= 15 is 0 Å². The summed E-state index contributed by atoms with van der Waals surface area (Å²) in [6, 6.07) is 2.07. The zero-order valence-corrected chi connectivity index (χ0v) is 16.1. The maximum absolute atomic E-state index is 12.3. The fourth-order valence-corrected chi connectivity index (χ4v) is 3.99. The van der Waals surface area contributed by atoms with Gasteiger partial charge < -0.3 is 19.3 Å². The maximum atomic E-state index is 12.3. The van der Waals surface area contributed by atoms with Crippen LogP contribution in [0.2, 0.25) is 0 Å². The van der Waals surface area contributed by atoms with Gasteiger partial charge in [0.05, 0.1) is 25.8 Å². The Kier molecular flexibility index (Phi) is 5.31. The first kappa shape index (κ1) is 18.2. The number of ether oxygens (including phenoxy) is 2. The van der Waals surface area contributed by atoms with Crippen molar-refractivity contribution in [3.8, 4) is 0 Å². The Balaban J connectivity index is 1.34. The summed E-state index contributed by atoms with van der Waals surface area (Å²) in [5, 5.41) is 0. The van der Waals surface area contributed by atoms with E-state index in [0.717, 1.165) is 64.0 Å². The molecule has 2 atom stereocenters. The number of amides is 1. The molecule has 9 heteroatoms. The SMILES string of the molecule is CN(C)c1cc(N2C[C@@H]3OC(=O)N(CCCN4CCOCC4)[C@@H]3C2)ncn1. The van der Waals surface area contributed by atoms with Gasteiger partial charge in [0, 0.05) is 52.9 Å². The summed E-state index contributed by atoms with van der Waals surface area (Å²) in [5.41, 5.74) is 0. The molecule has 1 aromatic rings. The fourth-order valence-electron chi connectivity index (χ4n) is 3.99. The maximum Gasteiger partial charge on any atom is 0.410 e. The van der Waals surface area contributed by atoms with Crippen LogP contribution >= 0.6 is 0 Å². The highest BCUT2D eigenvalue weighted by atomic mass is 16.6. The first-order valence-electron chi connectivity index (χ1n) is 9.63. The largest absolute Gasteiger partial charge is 0.442 e. The van der Waals surface area contributed by atoms with Gasteiger partial charge in [-0.05, 0) is 6.42 Å². The number of carbonyl (C=O) groups excluding carboxylic acids is 1. The first-order chi connectivity index (χ1) is 13.1. The molecule has 0 unspecified atom stereocenters. The van der Waals surface area contributed by atoms with Crippen molar-refractivity contribution in [2.75, 3.05) is 76.4 Å². The van der Waals surface area contributed by atoms with Crippen molar-refractivity contribution in [3.63, 3.8) is 0 Å². The number of anilines is 2. The summed E-state index contributed by atoms with van der Waals surface area (Å²) >= 11 is 0. The van der Waals surface area contributed by atoms with E-state index in [1.165, 1.54) is 0 Å². The second kappa shape index (κ2) is 7.85. The van der Waals surface area contributed by atoms with Gasteiger partial charge in [-0.1, -0.05) is 0 Å². The highest BCUT2D eigenvalue weighted by Gasteiger charge is 2.47. The lowest BCUT2D eigenvalue weighted by Gasteiger charge is -2.28. The van der Waals surface area contributed by atoms with E-state index in [9.17, 15) is 4.79 Å². The minimum Gasteiger partial charge on any atom is -0.442 e. The monoisotopic (exact) mass is 376 g/mol. The van der Waals surface area contributed by atoms with Gasteiger partial charge in [0.25, 0.3) is 0 Å². The highest BCUT2D eigenvalue weighted by Crippen LogP contribution is 2.30. The molecule has 0 radical (unpaired) electrons. The summed E-state index contributed by atoms with van der Waals surface area (Å²) in [4.78, 5) is 29.4. The van der Waals surface area contributed by atoms with E-state index in [4.69, 9.17) is 9.47 Å². The van der Waals surface area contributed by atoms with E-state index < -0.39 is 0 Å². The van der Waals surface area contributed by atoms with Crippen LogP contribution < -0.4 is 9.80 Å². The quantitative estimate of drug-likeness (QED) is 0.701. The average Bonchev–Trinajstić information content (AvgIpc) is 3.21. The minimum atomic E-state index is -0.178. The normalized spacial score (nSPS) is 25.6. The molecule has 0 saturated carbocycles. The molecule has 9 nitrogen and oxygen atoms in total. The van der Waals surface area contributed by atoms with Gasteiger partial charge in [-0.3, -0.25) is 9.80 Å². The Morgan fingerprint density at radius 3 is 2.78 bits per heavy atom. The van der Waals surface area contributed by atoms with Crippen molar-refractivity contribution >= 4 is 17.7 Å². The molecule has 4 rings (SSSR count). The van der Waals surface area contributed by atoms with Crippen LogP contribution in [-0.4, -0.2) is 105 Å². The van der Waals surface area contributed by atoms with Gasteiger partial charge in [0.2, 0.25) is 0 Å². The van der Waals surface area contributed by atoms with Gasteiger partial charge >= 0.3 is 6.09 Å². The summed E-state index contributed by atoms with van der Waals surface area (Å²) < 4.78 is 11.0. The molecule has 0 N–H and O–H groups in total. The molecule has 3 aliphatic rings. The highest BCUT2D eigenvalue weighted by molar-refractivity contribution is 5.71. The third kappa shape index (κ3) is 3.93. The molecular weight excluding hydrogens is 348 g/mol. The Morgan fingerprint density at radius 2 is 2.00 bits per heavy atom. The van der Waals surface area contributed by atoms with E-state index in [-0.39, 0.29) is 18.2 Å². The topological polar surface area (TPSA) is 74.3 Å². The Bertz CT molecular complexity index is 666. The Labute approximate surface area is 159 Å². The van der Waals surface area contributed by atoms with E-state index in [0.29, 0.717) is 6.54 Å². The standard InChI is InChI=1S/C18H28N6O3/c1-21(2)16-10-17(20-13-19-16)23-11-14-15(12-23)27-18(25)24(14)5-3-4-22-6-8-26-9-7-22/h10,13-15H,3-9,11-12H2,1-2H3/t14-,15+/m1/s1. The summed E-state index contributed by atoms with van der Waals surface area (Å²) in [6.07, 6.45) is 2.28. The van der Waals surface area contributed by atoms with Crippen molar-refractivity contribution < 1.29 is 14.3 Å². The molecule has 148 valence electrons. The molecule has 3 fully saturated rings. The van der Waals surface area contributed by atoms with Gasteiger partial charge in [-0.15, -0.1) is 0 Å². The van der Waals surface area contributed by atoms with Crippen molar-refractivity contribution in [1.82, 2.24) is 19.8 Å². The molecule has 27 heavy (non-hydrogen) atoms. The van der Waals surface area contributed by atoms with Gasteiger partial charge in [-0.25, -0.2) is 14.8 Å². The molecule has 3 aliphatic heterocycles. The van der Waals surface area contributed by atoms with Gasteiger partial charge in [-0.2, -0.15) is 0 Å². The lowest BCUT2D eigenvalue weighted by atomic mass is 10.2. The zero-order valence-electron chi connectivity index (χ0n) is 16.1. The van der Waals surface area contributed by atoms with Crippen LogP contribution in [-0.2, 0) is 9.47 Å². The van der Waals surface area contributed by atoms with E-state index in [2.05, 4.69) is 19.8 Å². The Hall–Kier alpha value is -2.13. The number of hydrogen-bond acceptors (Lipinski definition) is 8. The molecule has 3 saturated heterocycles. The number of carbonyl (C=O) groups is 1. The predicted octanol–water partition coefficient (Wildman–Crippen LogP) is 0.274. The van der Waals surface area contributed by atoms with Crippen LogP contribution in [0.25, 0.3) is 0 Å². The molecule has 4 heterocycles. The van der Waals surface area contributed by atoms with Crippen molar-refractivity contribution in [3.05, 3.63) is 12.4 Å². The van der Waals surface area contributed by atoms with Crippen LogP contribution in [0.15, 0.2) is 12.4 Å². The van der Waals surface area contributed by atoms with Crippen molar-refractivity contribution in [2.45, 2.75) is 18.6 Å². The van der Waals surface area contributed by atoms with Gasteiger partial charge in [0.1, 0.15) is 24.1 Å². The molecule has 0 bridgehead atoms. The summed E-state index contributed by atoms with van der Waals surface area (Å²) in [5.74, 6) is 1.75. The van der Waals surface area contributed by atoms with Crippen LogP contribution in [0.3, 0.4) is 0 Å². The van der Waals surface area contributed by atoms with Crippen LogP contribution in [0, 0.1) is 0 Å². The third-order valence-electron chi connectivity index (χ3n) is 5.52. The van der Waals surface area contributed by atoms with Crippen molar-refractivity contribution in [2.24, 2.45) is 0 Å². The molecular formula is C18H28N6O3. The number of rotatable bonds is 6. The Morgan fingerprint density at radius 1 is 1.19 bits per heavy atom. The number of morpholine rings is 1. The lowest BCUT2D eigenvalue weighted by Crippen LogP contribution is -2.41. The van der Waals surface area contributed by atoms with E-state index in [1.807, 2.05) is 30.0 Å². The molecule has 0 aliphatic carbocycles. The number of fused-ring (bicyclic) bond motifs is 1. The number of aromatic nitrogens is 2. The molecule has 1 amide bonds. The first-order valence-corrected chi connectivity index (χ1v) is 9.63.